The molecule has 0 amide bonds. The number of rotatable bonds is 2. The van der Waals surface area contributed by atoms with E-state index in [0.717, 1.165) is 37.2 Å². The monoisotopic (exact) mass is 290 g/mol. The third-order valence-electron chi connectivity index (χ3n) is 5.40. The fraction of sp³-hybridized carbons (Fsp3) is 0.300. The van der Waals surface area contributed by atoms with Gasteiger partial charge in [0.1, 0.15) is 11.5 Å². The summed E-state index contributed by atoms with van der Waals surface area (Å²) in [5.74, 6) is 2.11. The molecule has 0 atom stereocenters. The molecule has 3 aromatic carbocycles. The molecule has 4 bridgehead atoms. The first-order chi connectivity index (χ1) is 10.8. The average molecular weight is 290 g/mol. The van der Waals surface area contributed by atoms with Crippen molar-refractivity contribution in [2.75, 3.05) is 14.2 Å². The molecule has 0 fully saturated rings. The molecule has 0 aliphatic heterocycles. The molecule has 0 spiro atoms. The molecule has 22 heavy (non-hydrogen) atoms. The van der Waals surface area contributed by atoms with Crippen LogP contribution in [-0.2, 0) is 25.7 Å². The summed E-state index contributed by atoms with van der Waals surface area (Å²) in [6.07, 6.45) is 4.44. The van der Waals surface area contributed by atoms with Crippen molar-refractivity contribution in [1.29, 1.82) is 0 Å². The van der Waals surface area contributed by atoms with Gasteiger partial charge in [0.15, 0.2) is 0 Å². The van der Waals surface area contributed by atoms with Gasteiger partial charge in [-0.25, -0.2) is 0 Å². The second-order valence-corrected chi connectivity index (χ2v) is 6.33. The summed E-state index contributed by atoms with van der Waals surface area (Å²) in [5, 5.41) is 5.10. The van der Waals surface area contributed by atoms with Gasteiger partial charge in [-0.1, -0.05) is 24.3 Å². The van der Waals surface area contributed by atoms with E-state index in [1.165, 1.54) is 43.8 Å². The van der Waals surface area contributed by atoms with E-state index < -0.39 is 0 Å². The lowest BCUT2D eigenvalue weighted by Gasteiger charge is -2.27. The van der Waals surface area contributed by atoms with Gasteiger partial charge in [0.2, 0.25) is 0 Å². The van der Waals surface area contributed by atoms with Crippen LogP contribution in [0.2, 0.25) is 0 Å². The predicted molar refractivity (Wildman–Crippen MR) is 89.4 cm³/mol. The van der Waals surface area contributed by atoms with Crippen LogP contribution in [0.4, 0.5) is 0 Å². The lowest BCUT2D eigenvalue weighted by atomic mass is 9.80. The van der Waals surface area contributed by atoms with E-state index in [2.05, 4.69) is 24.3 Å². The topological polar surface area (TPSA) is 18.5 Å². The van der Waals surface area contributed by atoms with Crippen molar-refractivity contribution >= 4 is 21.5 Å². The highest BCUT2D eigenvalue weighted by atomic mass is 16.5. The maximum Gasteiger partial charge on any atom is 0.135 e. The number of hydrogen-bond donors (Lipinski definition) is 0. The minimum absolute atomic E-state index is 1.05. The fourth-order valence-electron chi connectivity index (χ4n) is 4.45. The molecule has 2 nitrogen and oxygen atoms in total. The summed E-state index contributed by atoms with van der Waals surface area (Å²) >= 11 is 0. The Kier molecular flexibility index (Phi) is 2.33. The third kappa shape index (κ3) is 1.31. The molecule has 0 saturated carbocycles. The molecule has 0 unspecified atom stereocenters. The number of hydrogen-bond acceptors (Lipinski definition) is 2. The van der Waals surface area contributed by atoms with E-state index in [4.69, 9.17) is 9.47 Å². The molecule has 0 aromatic heterocycles. The van der Waals surface area contributed by atoms with E-state index in [1.807, 2.05) is 0 Å². The summed E-state index contributed by atoms with van der Waals surface area (Å²) in [5.41, 5.74) is 5.55. The van der Waals surface area contributed by atoms with Crippen molar-refractivity contribution in [3.63, 3.8) is 0 Å². The second kappa shape index (κ2) is 4.16. The highest BCUT2D eigenvalue weighted by Crippen LogP contribution is 2.51. The molecule has 0 N–H and O–H groups in total. The quantitative estimate of drug-likeness (QED) is 0.658. The van der Waals surface area contributed by atoms with Crippen LogP contribution in [-0.4, -0.2) is 14.2 Å². The van der Waals surface area contributed by atoms with Gasteiger partial charge in [-0.15, -0.1) is 0 Å². The van der Waals surface area contributed by atoms with Crippen LogP contribution in [0.3, 0.4) is 0 Å². The summed E-state index contributed by atoms with van der Waals surface area (Å²) in [6.45, 7) is 0. The number of aryl methyl sites for hydroxylation is 4. The zero-order chi connectivity index (χ0) is 14.8. The van der Waals surface area contributed by atoms with Gasteiger partial charge >= 0.3 is 0 Å². The smallest absolute Gasteiger partial charge is 0.135 e. The van der Waals surface area contributed by atoms with E-state index in [0.29, 0.717) is 0 Å². The molecule has 0 heterocycles. The van der Waals surface area contributed by atoms with Gasteiger partial charge in [0.25, 0.3) is 0 Å². The molecule has 0 radical (unpaired) electrons. The third-order valence-corrected chi connectivity index (χ3v) is 5.40. The largest absolute Gasteiger partial charge is 0.495 e. The number of benzene rings is 3. The summed E-state index contributed by atoms with van der Waals surface area (Å²) in [4.78, 5) is 0. The Balaban J connectivity index is 2.15. The van der Waals surface area contributed by atoms with Crippen molar-refractivity contribution in [1.82, 2.24) is 0 Å². The maximum absolute atomic E-state index is 5.92. The standard InChI is InChI=1S/C20H18O2/c1-21-19-15-11-3-7-13(8-4-11)17(15)20(22-2)18-14-9-5-12(6-10-14)16(18)19/h3,5,7,9H,4,6,8,10H2,1-2H3. The molecule has 2 heteroatoms. The van der Waals surface area contributed by atoms with Crippen molar-refractivity contribution < 1.29 is 9.47 Å². The van der Waals surface area contributed by atoms with Crippen molar-refractivity contribution in [2.24, 2.45) is 0 Å². The minimum atomic E-state index is 1.05. The number of fused-ring (bicyclic) bond motifs is 4. The van der Waals surface area contributed by atoms with Crippen LogP contribution in [0, 0.1) is 0 Å². The Morgan fingerprint density at radius 2 is 0.818 bits per heavy atom. The molecule has 110 valence electrons. The minimum Gasteiger partial charge on any atom is -0.495 e. The second-order valence-electron chi connectivity index (χ2n) is 6.33. The Labute approximate surface area is 129 Å². The number of ether oxygens (including phenoxy) is 2. The summed E-state index contributed by atoms with van der Waals surface area (Å²) in [7, 11) is 3.60. The zero-order valence-electron chi connectivity index (χ0n) is 13.0. The Morgan fingerprint density at radius 1 is 0.545 bits per heavy atom. The zero-order valence-corrected chi connectivity index (χ0v) is 13.0. The van der Waals surface area contributed by atoms with Gasteiger partial charge in [-0.3, -0.25) is 0 Å². The molecule has 7 rings (SSSR count). The van der Waals surface area contributed by atoms with Crippen LogP contribution < -0.4 is 9.47 Å². The first-order valence-electron chi connectivity index (χ1n) is 7.96. The van der Waals surface area contributed by atoms with Crippen molar-refractivity contribution in [3.05, 3.63) is 46.5 Å². The van der Waals surface area contributed by atoms with Gasteiger partial charge in [-0.2, -0.15) is 0 Å². The van der Waals surface area contributed by atoms with Crippen molar-refractivity contribution in [2.45, 2.75) is 25.7 Å². The summed E-state index contributed by atoms with van der Waals surface area (Å²) in [6, 6.07) is 9.02. The lowest BCUT2D eigenvalue weighted by Crippen LogP contribution is -2.09. The molecular weight excluding hydrogens is 272 g/mol. The van der Waals surface area contributed by atoms with E-state index in [1.54, 1.807) is 14.2 Å². The van der Waals surface area contributed by atoms with Crippen LogP contribution in [0.5, 0.6) is 11.5 Å². The number of methoxy groups -OCH3 is 2. The van der Waals surface area contributed by atoms with E-state index in [9.17, 15) is 0 Å². The highest BCUT2D eigenvalue weighted by Gasteiger charge is 2.27. The van der Waals surface area contributed by atoms with Gasteiger partial charge in [-0.05, 0) is 47.9 Å². The molecule has 0 saturated heterocycles. The summed E-state index contributed by atoms with van der Waals surface area (Å²) < 4.78 is 11.8. The molecular formula is C20H18O2. The maximum atomic E-state index is 5.92. The van der Waals surface area contributed by atoms with Crippen LogP contribution in [0.15, 0.2) is 24.3 Å². The average Bonchev–Trinajstić information content (AvgIpc) is 2.61. The van der Waals surface area contributed by atoms with Crippen LogP contribution in [0.1, 0.15) is 22.3 Å². The molecule has 4 aliphatic rings. The molecule has 4 aliphatic carbocycles. The van der Waals surface area contributed by atoms with Crippen LogP contribution >= 0.6 is 0 Å². The Morgan fingerprint density at radius 3 is 1.00 bits per heavy atom. The SMILES string of the molecule is COc1c2c3ccc(c2c(OC)c2c4ccc(c12)CC4)CC3. The Bertz CT molecular complexity index is 802. The lowest BCUT2D eigenvalue weighted by molar-refractivity contribution is 0.416. The van der Waals surface area contributed by atoms with E-state index in [-0.39, 0.29) is 0 Å². The predicted octanol–water partition coefficient (Wildman–Crippen LogP) is 4.21. The Hall–Kier alpha value is -2.22. The van der Waals surface area contributed by atoms with Gasteiger partial charge in [0, 0.05) is 21.5 Å². The van der Waals surface area contributed by atoms with E-state index >= 15 is 0 Å². The van der Waals surface area contributed by atoms with Gasteiger partial charge < -0.3 is 9.47 Å². The van der Waals surface area contributed by atoms with Crippen LogP contribution in [0.25, 0.3) is 21.5 Å². The first kappa shape index (κ1) is 12.3. The van der Waals surface area contributed by atoms with Crippen molar-refractivity contribution in [3.8, 4) is 11.5 Å². The molecule has 3 aromatic rings. The highest BCUT2D eigenvalue weighted by molar-refractivity contribution is 6.16. The normalized spacial score (nSPS) is 15.0. The first-order valence-corrected chi connectivity index (χ1v) is 7.96. The fourth-order valence-corrected chi connectivity index (χ4v) is 4.45. The van der Waals surface area contributed by atoms with Gasteiger partial charge in [0.05, 0.1) is 14.2 Å².